The van der Waals surface area contributed by atoms with Crippen molar-refractivity contribution < 1.29 is 23.1 Å². The van der Waals surface area contributed by atoms with Gasteiger partial charge in [0.15, 0.2) is 45.1 Å². The Hall–Kier alpha value is -4.33. The quantitative estimate of drug-likeness (QED) is 0.197. The number of benzene rings is 1. The van der Waals surface area contributed by atoms with Gasteiger partial charge in [0.1, 0.15) is 21.1 Å². The monoisotopic (exact) mass is 648 g/mol. The third-order valence-corrected chi connectivity index (χ3v) is 7.07. The molecular weight excluding hydrogens is 601 g/mol. The molecule has 0 fully saturated rings. The first-order valence-electron chi connectivity index (χ1n) is 14.5. The van der Waals surface area contributed by atoms with Gasteiger partial charge in [-0.3, -0.25) is 0 Å². The number of rotatable bonds is 4. The molecule has 0 aliphatic rings. The van der Waals surface area contributed by atoms with Crippen molar-refractivity contribution in [3.8, 4) is 22.6 Å². The minimum absolute atomic E-state index is 0.840. The van der Waals surface area contributed by atoms with E-state index in [-0.39, 0.29) is 0 Å². The first-order chi connectivity index (χ1) is 21.8. The standard InChI is InChI=1S/C13H14N.C12H14N2.C9H14N4.2CH3Cl/c1-11-7-3-4-8-12(11)13-9-5-6-10-14(13)2;1-13-9-5-3-7-11(13)12-8-4-6-10-14(12)2;1-10-5-3-7-12(10)9-13-8-4-6-11(13)2;2*1-2/h2*3-10H,1-2H3;3-8H,9H2,1-2H3;2*1H3/q+1;2*+2;;. The van der Waals surface area contributed by atoms with E-state index in [4.69, 9.17) is 0 Å². The van der Waals surface area contributed by atoms with Gasteiger partial charge in [0.05, 0.1) is 12.4 Å². The van der Waals surface area contributed by atoms with Crippen LogP contribution in [0.1, 0.15) is 5.56 Å². The van der Waals surface area contributed by atoms with Crippen molar-refractivity contribution in [3.63, 3.8) is 0 Å². The molecule has 9 heteroatoms. The summed E-state index contributed by atoms with van der Waals surface area (Å²) in [6, 6.07) is 31.2. The Labute approximate surface area is 279 Å². The normalized spacial score (nSPS) is 9.64. The third-order valence-electron chi connectivity index (χ3n) is 7.07. The van der Waals surface area contributed by atoms with Crippen LogP contribution in [0.25, 0.3) is 22.6 Å². The van der Waals surface area contributed by atoms with E-state index in [9.17, 15) is 0 Å². The summed E-state index contributed by atoms with van der Waals surface area (Å²) >= 11 is 9.28. The van der Waals surface area contributed by atoms with Crippen molar-refractivity contribution in [2.75, 3.05) is 12.8 Å². The van der Waals surface area contributed by atoms with Crippen molar-refractivity contribution in [1.82, 2.24) is 9.36 Å². The number of alkyl halides is 2. The minimum Gasteiger partial charge on any atom is -0.201 e. The number of hydrogen-bond donors (Lipinski definition) is 0. The number of nitrogens with zero attached hydrogens (tertiary/aromatic N) is 7. The predicted octanol–water partition coefficient (Wildman–Crippen LogP) is 4.64. The van der Waals surface area contributed by atoms with Crippen LogP contribution in [0.5, 0.6) is 0 Å². The average Bonchev–Trinajstić information content (AvgIpc) is 3.68. The topological polar surface area (TPSA) is 29.3 Å². The smallest absolute Gasteiger partial charge is 0.201 e. The number of hydrogen-bond acceptors (Lipinski definition) is 0. The SMILES string of the molecule is CCl.CCl.C[n+]1ccccc1-c1cccc[n+]1C.C[n+]1cccn1Cn1ccc[n+]1C.Cc1ccccc1-c1cccc[n+]1C. The Bertz CT molecular complexity index is 1500. The van der Waals surface area contributed by atoms with Crippen molar-refractivity contribution in [2.24, 2.45) is 35.2 Å². The fourth-order valence-electron chi connectivity index (χ4n) is 4.59. The molecule has 0 amide bonds. The highest BCUT2D eigenvalue weighted by atomic mass is 35.5. The van der Waals surface area contributed by atoms with Crippen molar-refractivity contribution in [3.05, 3.63) is 140 Å². The van der Waals surface area contributed by atoms with Crippen LogP contribution in [-0.4, -0.2) is 22.1 Å². The first-order valence-corrected chi connectivity index (χ1v) is 16.0. The summed E-state index contributed by atoms with van der Waals surface area (Å²) < 4.78 is 14.7. The fourth-order valence-corrected chi connectivity index (χ4v) is 4.59. The zero-order valence-electron chi connectivity index (χ0n) is 27.8. The summed E-state index contributed by atoms with van der Waals surface area (Å²) in [5.74, 6) is 0. The van der Waals surface area contributed by atoms with E-state index >= 15 is 0 Å². The highest BCUT2D eigenvalue weighted by Gasteiger charge is 2.16. The molecule has 0 saturated heterocycles. The Morgan fingerprint density at radius 1 is 0.467 bits per heavy atom. The van der Waals surface area contributed by atoms with E-state index in [2.05, 4.69) is 175 Å². The molecule has 0 saturated carbocycles. The van der Waals surface area contributed by atoms with Gasteiger partial charge in [-0.2, -0.15) is 9.13 Å². The maximum Gasteiger partial charge on any atom is 0.277 e. The lowest BCUT2D eigenvalue weighted by atomic mass is 10.1. The highest BCUT2D eigenvalue weighted by molar-refractivity contribution is 6.15. The summed E-state index contributed by atoms with van der Waals surface area (Å²) in [4.78, 5) is 0. The molecule has 236 valence electrons. The van der Waals surface area contributed by atoms with Crippen molar-refractivity contribution >= 4 is 23.2 Å². The molecule has 1 aromatic carbocycles. The van der Waals surface area contributed by atoms with Gasteiger partial charge in [-0.25, -0.2) is 4.57 Å². The molecule has 0 N–H and O–H groups in total. The van der Waals surface area contributed by atoms with Gasteiger partial charge in [0.25, 0.3) is 11.4 Å². The summed E-state index contributed by atoms with van der Waals surface area (Å²) in [6.07, 6.45) is 17.3. The van der Waals surface area contributed by atoms with Gasteiger partial charge in [-0.05, 0) is 36.8 Å². The molecule has 0 spiro atoms. The van der Waals surface area contributed by atoms with Crippen LogP contribution in [0.4, 0.5) is 0 Å². The summed E-state index contributed by atoms with van der Waals surface area (Å²) in [6.45, 7) is 2.98. The van der Waals surface area contributed by atoms with E-state index in [0.29, 0.717) is 0 Å². The van der Waals surface area contributed by atoms with Crippen LogP contribution in [0.15, 0.2) is 134 Å². The Kier molecular flexibility index (Phi) is 16.3. The van der Waals surface area contributed by atoms with Crippen LogP contribution in [0.3, 0.4) is 0 Å². The largest absolute Gasteiger partial charge is 0.277 e. The van der Waals surface area contributed by atoms with Gasteiger partial charge in [-0.1, -0.05) is 18.2 Å². The molecule has 45 heavy (non-hydrogen) atoms. The minimum atomic E-state index is 0.840. The molecule has 6 rings (SSSR count). The molecule has 0 atom stereocenters. The van der Waals surface area contributed by atoms with Crippen molar-refractivity contribution in [1.29, 1.82) is 0 Å². The molecule has 5 aromatic heterocycles. The fraction of sp³-hybridized carbons (Fsp3) is 0.250. The van der Waals surface area contributed by atoms with Crippen molar-refractivity contribution in [2.45, 2.75) is 13.6 Å². The van der Waals surface area contributed by atoms with Crippen LogP contribution < -0.4 is 23.1 Å². The second-order valence-corrected chi connectivity index (χ2v) is 10.1. The Balaban J connectivity index is 0.000000223. The van der Waals surface area contributed by atoms with E-state index in [0.717, 1.165) is 6.67 Å². The van der Waals surface area contributed by atoms with E-state index < -0.39 is 0 Å². The van der Waals surface area contributed by atoms with Crippen LogP contribution in [-0.2, 0) is 41.9 Å². The number of aryl methyl sites for hydroxylation is 6. The lowest BCUT2D eigenvalue weighted by Gasteiger charge is -2.02. The number of halogens is 2. The molecule has 0 radical (unpaired) electrons. The van der Waals surface area contributed by atoms with E-state index in [1.54, 1.807) is 0 Å². The zero-order chi connectivity index (χ0) is 33.2. The maximum absolute atomic E-state index is 4.64. The van der Waals surface area contributed by atoms with E-state index in [1.165, 1.54) is 41.0 Å². The van der Waals surface area contributed by atoms with Gasteiger partial charge in [0, 0.05) is 66.9 Å². The summed E-state index contributed by atoms with van der Waals surface area (Å²) in [7, 11) is 10.2. The highest BCUT2D eigenvalue weighted by Crippen LogP contribution is 2.18. The number of aromatic nitrogens is 7. The molecular formula is C36H48Cl2N7+5. The second-order valence-electron chi connectivity index (χ2n) is 10.1. The molecule has 0 aliphatic heterocycles. The van der Waals surface area contributed by atoms with Crippen LogP contribution in [0, 0.1) is 6.92 Å². The Morgan fingerprint density at radius 2 is 0.844 bits per heavy atom. The van der Waals surface area contributed by atoms with E-state index in [1.807, 2.05) is 56.8 Å². The molecule has 7 nitrogen and oxygen atoms in total. The van der Waals surface area contributed by atoms with Gasteiger partial charge >= 0.3 is 0 Å². The average molecular weight is 650 g/mol. The van der Waals surface area contributed by atoms with Gasteiger partial charge < -0.3 is 0 Å². The van der Waals surface area contributed by atoms with Crippen LogP contribution in [0.2, 0.25) is 0 Å². The third kappa shape index (κ3) is 11.0. The zero-order valence-corrected chi connectivity index (χ0v) is 29.3. The van der Waals surface area contributed by atoms with Gasteiger partial charge in [0.2, 0.25) is 12.4 Å². The molecule has 6 aromatic rings. The lowest BCUT2D eigenvalue weighted by Crippen LogP contribution is -2.45. The second kappa shape index (κ2) is 19.8. The van der Waals surface area contributed by atoms with Gasteiger partial charge in [-0.15, -0.1) is 41.9 Å². The summed E-state index contributed by atoms with van der Waals surface area (Å²) in [5.41, 5.74) is 6.31. The number of pyridine rings is 3. The molecule has 5 heterocycles. The first kappa shape index (κ1) is 36.9. The molecule has 0 unspecified atom stereocenters. The maximum atomic E-state index is 4.64. The summed E-state index contributed by atoms with van der Waals surface area (Å²) in [5, 5.41) is 0. The predicted molar refractivity (Wildman–Crippen MR) is 182 cm³/mol. The van der Waals surface area contributed by atoms with Crippen LogP contribution >= 0.6 is 23.2 Å². The molecule has 0 bridgehead atoms. The Morgan fingerprint density at radius 3 is 1.20 bits per heavy atom. The lowest BCUT2D eigenvalue weighted by molar-refractivity contribution is -0.779. The molecule has 0 aliphatic carbocycles.